The Kier molecular flexibility index (Phi) is 5.01. The second-order valence-corrected chi connectivity index (χ2v) is 5.87. The van der Waals surface area contributed by atoms with Crippen LogP contribution in [0.1, 0.15) is 17.2 Å². The Morgan fingerprint density at radius 3 is 2.54 bits per heavy atom. The fraction of sp³-hybridized carbons (Fsp3) is 0.316. The number of aryl methyl sites for hydroxylation is 1. The second kappa shape index (κ2) is 7.36. The maximum absolute atomic E-state index is 12.5. The van der Waals surface area contributed by atoms with Gasteiger partial charge in [-0.25, -0.2) is 4.79 Å². The predicted octanol–water partition coefficient (Wildman–Crippen LogP) is 3.61. The van der Waals surface area contributed by atoms with Gasteiger partial charge in [-0.3, -0.25) is 0 Å². The van der Waals surface area contributed by atoms with Gasteiger partial charge in [0.25, 0.3) is 0 Å². The van der Waals surface area contributed by atoms with E-state index in [-0.39, 0.29) is 12.1 Å². The average molecular weight is 326 g/mol. The van der Waals surface area contributed by atoms with Gasteiger partial charge in [-0.1, -0.05) is 29.8 Å². The number of rotatable bonds is 3. The maximum Gasteiger partial charge on any atom is 0.322 e. The number of anilines is 1. The fourth-order valence-corrected chi connectivity index (χ4v) is 2.69. The van der Waals surface area contributed by atoms with Crippen molar-refractivity contribution in [1.82, 2.24) is 4.90 Å². The molecule has 1 heterocycles. The van der Waals surface area contributed by atoms with Crippen LogP contribution in [0.15, 0.2) is 48.5 Å². The Hall–Kier alpha value is -2.53. The molecule has 0 radical (unpaired) electrons. The normalized spacial score (nSPS) is 17.4. The summed E-state index contributed by atoms with van der Waals surface area (Å²) in [6.45, 7) is 3.73. The molecule has 1 aliphatic rings. The smallest absolute Gasteiger partial charge is 0.322 e. The molecule has 24 heavy (non-hydrogen) atoms. The van der Waals surface area contributed by atoms with Gasteiger partial charge in [0.15, 0.2) is 0 Å². The SMILES string of the molecule is COc1ccc(NC(=O)N2CCOC(c3ccc(C)cc3)C2)cc1. The highest BCUT2D eigenvalue weighted by Crippen LogP contribution is 2.23. The van der Waals surface area contributed by atoms with E-state index in [4.69, 9.17) is 9.47 Å². The third-order valence-electron chi connectivity index (χ3n) is 4.14. The lowest BCUT2D eigenvalue weighted by molar-refractivity contribution is -0.0135. The minimum Gasteiger partial charge on any atom is -0.497 e. The molecule has 3 rings (SSSR count). The van der Waals surface area contributed by atoms with E-state index in [1.807, 2.05) is 24.3 Å². The van der Waals surface area contributed by atoms with Crippen LogP contribution < -0.4 is 10.1 Å². The molecule has 1 saturated heterocycles. The van der Waals surface area contributed by atoms with E-state index in [2.05, 4.69) is 36.5 Å². The monoisotopic (exact) mass is 326 g/mol. The first kappa shape index (κ1) is 16.3. The molecule has 5 nitrogen and oxygen atoms in total. The molecule has 0 aliphatic carbocycles. The summed E-state index contributed by atoms with van der Waals surface area (Å²) in [5, 5.41) is 2.92. The summed E-state index contributed by atoms with van der Waals surface area (Å²) in [5.41, 5.74) is 3.06. The van der Waals surface area contributed by atoms with E-state index in [0.29, 0.717) is 19.7 Å². The molecule has 1 N–H and O–H groups in total. The lowest BCUT2D eigenvalue weighted by Gasteiger charge is -2.33. The van der Waals surface area contributed by atoms with Crippen LogP contribution in [0.3, 0.4) is 0 Å². The molecule has 2 aromatic rings. The minimum atomic E-state index is -0.111. The summed E-state index contributed by atoms with van der Waals surface area (Å²) in [7, 11) is 1.62. The van der Waals surface area contributed by atoms with Crippen LogP contribution in [0, 0.1) is 6.92 Å². The zero-order valence-electron chi connectivity index (χ0n) is 14.0. The van der Waals surface area contributed by atoms with E-state index in [0.717, 1.165) is 17.0 Å². The number of nitrogens with zero attached hydrogens (tertiary/aromatic N) is 1. The van der Waals surface area contributed by atoms with Crippen molar-refractivity contribution in [2.24, 2.45) is 0 Å². The molecule has 0 aromatic heterocycles. The van der Waals surface area contributed by atoms with Crippen LogP contribution in [-0.2, 0) is 4.74 Å². The van der Waals surface area contributed by atoms with Gasteiger partial charge >= 0.3 is 6.03 Å². The van der Waals surface area contributed by atoms with Crippen molar-refractivity contribution in [3.63, 3.8) is 0 Å². The zero-order valence-corrected chi connectivity index (χ0v) is 14.0. The van der Waals surface area contributed by atoms with Crippen LogP contribution in [0.25, 0.3) is 0 Å². The molecule has 126 valence electrons. The molecule has 1 atom stereocenters. The number of morpholine rings is 1. The highest BCUT2D eigenvalue weighted by atomic mass is 16.5. The maximum atomic E-state index is 12.5. The van der Waals surface area contributed by atoms with Crippen molar-refractivity contribution < 1.29 is 14.3 Å². The predicted molar refractivity (Wildman–Crippen MR) is 93.5 cm³/mol. The van der Waals surface area contributed by atoms with E-state index >= 15 is 0 Å². The number of carbonyl (C=O) groups excluding carboxylic acids is 1. The van der Waals surface area contributed by atoms with Crippen LogP contribution in [-0.4, -0.2) is 37.7 Å². The number of carbonyl (C=O) groups is 1. The summed E-state index contributed by atoms with van der Waals surface area (Å²) in [6.07, 6.45) is -0.0824. The summed E-state index contributed by atoms with van der Waals surface area (Å²) < 4.78 is 10.9. The topological polar surface area (TPSA) is 50.8 Å². The van der Waals surface area contributed by atoms with Gasteiger partial charge in [0.1, 0.15) is 11.9 Å². The van der Waals surface area contributed by atoms with Gasteiger partial charge < -0.3 is 19.7 Å². The molecule has 2 aromatic carbocycles. The standard InChI is InChI=1S/C19H22N2O3/c1-14-3-5-15(6-4-14)18-13-21(11-12-24-18)19(22)20-16-7-9-17(23-2)10-8-16/h3-10,18H,11-13H2,1-2H3,(H,20,22). The van der Waals surface area contributed by atoms with Gasteiger partial charge in [-0.15, -0.1) is 0 Å². The van der Waals surface area contributed by atoms with E-state index < -0.39 is 0 Å². The Balaban J connectivity index is 1.63. The number of ether oxygens (including phenoxy) is 2. The molecule has 1 aliphatic heterocycles. The van der Waals surface area contributed by atoms with Gasteiger partial charge in [-0.2, -0.15) is 0 Å². The van der Waals surface area contributed by atoms with Crippen LogP contribution in [0.4, 0.5) is 10.5 Å². The van der Waals surface area contributed by atoms with E-state index in [9.17, 15) is 4.79 Å². The van der Waals surface area contributed by atoms with Crippen LogP contribution in [0.5, 0.6) is 5.75 Å². The molecular formula is C19H22N2O3. The Morgan fingerprint density at radius 1 is 1.17 bits per heavy atom. The number of hydrogen-bond donors (Lipinski definition) is 1. The van der Waals surface area contributed by atoms with Gasteiger partial charge in [0.2, 0.25) is 0 Å². The highest BCUT2D eigenvalue weighted by molar-refractivity contribution is 5.89. The Bertz CT molecular complexity index is 683. The number of nitrogens with one attached hydrogen (secondary N) is 1. The third kappa shape index (κ3) is 3.86. The van der Waals surface area contributed by atoms with E-state index in [1.54, 1.807) is 12.0 Å². The van der Waals surface area contributed by atoms with Crippen LogP contribution >= 0.6 is 0 Å². The van der Waals surface area contributed by atoms with Crippen LogP contribution in [0.2, 0.25) is 0 Å². The number of hydrogen-bond acceptors (Lipinski definition) is 3. The molecule has 0 bridgehead atoms. The third-order valence-corrected chi connectivity index (χ3v) is 4.14. The fourth-order valence-electron chi connectivity index (χ4n) is 2.69. The minimum absolute atomic E-state index is 0.0824. The van der Waals surface area contributed by atoms with Crippen molar-refractivity contribution in [3.8, 4) is 5.75 Å². The summed E-state index contributed by atoms with van der Waals surface area (Å²) in [6, 6.07) is 15.4. The van der Waals surface area contributed by atoms with Gasteiger partial charge in [0, 0.05) is 12.2 Å². The first-order valence-electron chi connectivity index (χ1n) is 8.04. The van der Waals surface area contributed by atoms with Gasteiger partial charge in [-0.05, 0) is 36.8 Å². The largest absolute Gasteiger partial charge is 0.497 e. The van der Waals surface area contributed by atoms with E-state index in [1.165, 1.54) is 5.56 Å². The molecule has 5 heteroatoms. The summed E-state index contributed by atoms with van der Waals surface area (Å²) >= 11 is 0. The average Bonchev–Trinajstić information content (AvgIpc) is 2.63. The zero-order chi connectivity index (χ0) is 16.9. The van der Waals surface area contributed by atoms with Crippen molar-refractivity contribution >= 4 is 11.7 Å². The number of urea groups is 1. The highest BCUT2D eigenvalue weighted by Gasteiger charge is 2.25. The van der Waals surface area contributed by atoms with Crippen molar-refractivity contribution in [3.05, 3.63) is 59.7 Å². The summed E-state index contributed by atoms with van der Waals surface area (Å²) in [5.74, 6) is 0.763. The molecule has 0 spiro atoms. The van der Waals surface area contributed by atoms with Crippen molar-refractivity contribution in [1.29, 1.82) is 0 Å². The summed E-state index contributed by atoms with van der Waals surface area (Å²) in [4.78, 5) is 14.3. The van der Waals surface area contributed by atoms with Gasteiger partial charge in [0.05, 0.1) is 20.3 Å². The second-order valence-electron chi connectivity index (χ2n) is 5.87. The quantitative estimate of drug-likeness (QED) is 0.937. The Labute approximate surface area is 142 Å². The van der Waals surface area contributed by atoms with Crippen molar-refractivity contribution in [2.45, 2.75) is 13.0 Å². The molecular weight excluding hydrogens is 304 g/mol. The number of methoxy groups -OCH3 is 1. The lowest BCUT2D eigenvalue weighted by atomic mass is 10.1. The van der Waals surface area contributed by atoms with Crippen molar-refractivity contribution in [2.75, 3.05) is 32.1 Å². The molecule has 1 fully saturated rings. The molecule has 0 saturated carbocycles. The number of benzene rings is 2. The first-order valence-corrected chi connectivity index (χ1v) is 8.04. The first-order chi connectivity index (χ1) is 11.7. The lowest BCUT2D eigenvalue weighted by Crippen LogP contribution is -2.44. The number of amides is 2. The molecule has 1 unspecified atom stereocenters. The Morgan fingerprint density at radius 2 is 1.88 bits per heavy atom. The molecule has 2 amide bonds.